The van der Waals surface area contributed by atoms with Crippen molar-refractivity contribution in [3.05, 3.63) is 30.5 Å². The van der Waals surface area contributed by atoms with Gasteiger partial charge in [0.2, 0.25) is 10.0 Å². The van der Waals surface area contributed by atoms with Gasteiger partial charge in [0.1, 0.15) is 10.7 Å². The maximum absolute atomic E-state index is 11.5. The van der Waals surface area contributed by atoms with Crippen LogP contribution in [0.2, 0.25) is 0 Å². The Hall–Kier alpha value is -1.40. The number of anilines is 1. The van der Waals surface area contributed by atoms with Crippen molar-refractivity contribution in [2.75, 3.05) is 12.4 Å². The first-order chi connectivity index (χ1) is 8.12. The Kier molecular flexibility index (Phi) is 3.44. The lowest BCUT2D eigenvalue weighted by atomic mass is 10.2. The van der Waals surface area contributed by atoms with Crippen LogP contribution in [-0.2, 0) is 10.0 Å². The van der Waals surface area contributed by atoms with Gasteiger partial charge in [-0.05, 0) is 32.0 Å². The molecule has 0 bridgehead atoms. The van der Waals surface area contributed by atoms with Gasteiger partial charge in [-0.15, -0.1) is 0 Å². The van der Waals surface area contributed by atoms with Crippen LogP contribution >= 0.6 is 0 Å². The molecule has 0 spiro atoms. The molecule has 0 aromatic carbocycles. The highest BCUT2D eigenvalue weighted by Gasteiger charge is 2.13. The molecular weight excluding hydrogens is 238 g/mol. The van der Waals surface area contributed by atoms with Gasteiger partial charge in [0, 0.05) is 12.2 Å². The first-order valence-electron chi connectivity index (χ1n) is 5.43. The maximum atomic E-state index is 11.5. The van der Waals surface area contributed by atoms with Crippen LogP contribution in [0.1, 0.15) is 12.8 Å². The molecule has 6 heteroatoms. The highest BCUT2D eigenvalue weighted by Crippen LogP contribution is 2.16. The minimum Gasteiger partial charge on any atom is -0.367 e. The van der Waals surface area contributed by atoms with Gasteiger partial charge in [-0.2, -0.15) is 0 Å². The number of aromatic nitrogens is 1. The second-order valence-electron chi connectivity index (χ2n) is 3.87. The van der Waals surface area contributed by atoms with E-state index in [9.17, 15) is 8.42 Å². The molecule has 0 unspecified atom stereocenters. The maximum Gasteiger partial charge on any atom is 0.241 e. The topological polar surface area (TPSA) is 71.1 Å². The lowest BCUT2D eigenvalue weighted by Gasteiger charge is -2.12. The standard InChI is InChI=1S/C11H15N3O2S/c1-12-17(15,16)10-6-7-11(13-8-10)14-9-4-2-3-5-9/h2-3,6-9,12H,4-5H2,1H3,(H,13,14). The Morgan fingerprint density at radius 2 is 2.00 bits per heavy atom. The number of pyridine rings is 1. The average molecular weight is 253 g/mol. The molecule has 5 nitrogen and oxygen atoms in total. The zero-order valence-corrected chi connectivity index (χ0v) is 10.4. The van der Waals surface area contributed by atoms with E-state index in [1.54, 1.807) is 12.1 Å². The molecule has 0 fully saturated rings. The normalized spacial score (nSPS) is 16.3. The minimum atomic E-state index is -3.39. The van der Waals surface area contributed by atoms with Gasteiger partial charge in [0.25, 0.3) is 0 Å². The van der Waals surface area contributed by atoms with Crippen LogP contribution in [0.5, 0.6) is 0 Å². The van der Waals surface area contributed by atoms with Crippen LogP contribution in [0.3, 0.4) is 0 Å². The van der Waals surface area contributed by atoms with Crippen LogP contribution in [0, 0.1) is 0 Å². The summed E-state index contributed by atoms with van der Waals surface area (Å²) in [6.07, 6.45) is 7.57. The van der Waals surface area contributed by atoms with Crippen molar-refractivity contribution in [3.8, 4) is 0 Å². The highest BCUT2D eigenvalue weighted by atomic mass is 32.2. The summed E-state index contributed by atoms with van der Waals surface area (Å²) >= 11 is 0. The lowest BCUT2D eigenvalue weighted by Crippen LogP contribution is -2.19. The van der Waals surface area contributed by atoms with Crippen LogP contribution < -0.4 is 10.0 Å². The smallest absolute Gasteiger partial charge is 0.241 e. The zero-order valence-electron chi connectivity index (χ0n) is 9.55. The molecule has 92 valence electrons. The molecule has 2 N–H and O–H groups in total. The van der Waals surface area contributed by atoms with E-state index in [4.69, 9.17) is 0 Å². The third-order valence-electron chi connectivity index (χ3n) is 2.68. The molecule has 0 saturated carbocycles. The third kappa shape index (κ3) is 2.83. The summed E-state index contributed by atoms with van der Waals surface area (Å²) in [6, 6.07) is 3.60. The summed E-state index contributed by atoms with van der Waals surface area (Å²) in [5.74, 6) is 0.703. The summed E-state index contributed by atoms with van der Waals surface area (Å²) < 4.78 is 25.2. The molecule has 1 aliphatic rings. The molecule has 2 rings (SSSR count). The van der Waals surface area contributed by atoms with Crippen LogP contribution in [0.4, 0.5) is 5.82 Å². The summed E-state index contributed by atoms with van der Waals surface area (Å²) in [5.41, 5.74) is 0. The second kappa shape index (κ2) is 4.85. The van der Waals surface area contributed by atoms with Crippen molar-refractivity contribution in [3.63, 3.8) is 0 Å². The fourth-order valence-electron chi connectivity index (χ4n) is 1.69. The predicted molar refractivity (Wildman–Crippen MR) is 66.3 cm³/mol. The van der Waals surface area contributed by atoms with Crippen molar-refractivity contribution in [2.45, 2.75) is 23.8 Å². The summed E-state index contributed by atoms with van der Waals surface area (Å²) in [5, 5.41) is 3.25. The van der Waals surface area contributed by atoms with Gasteiger partial charge in [0.05, 0.1) is 0 Å². The summed E-state index contributed by atoms with van der Waals surface area (Å²) in [7, 11) is -2.01. The molecule has 0 aliphatic heterocycles. The van der Waals surface area contributed by atoms with E-state index in [0.717, 1.165) is 12.8 Å². The Bertz CT molecular complexity index is 500. The van der Waals surface area contributed by atoms with E-state index in [-0.39, 0.29) is 4.90 Å². The Balaban J connectivity index is 2.08. The van der Waals surface area contributed by atoms with Gasteiger partial charge in [-0.1, -0.05) is 12.2 Å². The quantitative estimate of drug-likeness (QED) is 0.789. The Morgan fingerprint density at radius 1 is 1.29 bits per heavy atom. The fourth-order valence-corrected chi connectivity index (χ4v) is 2.36. The molecule has 1 aromatic rings. The van der Waals surface area contributed by atoms with E-state index in [1.807, 2.05) is 0 Å². The number of rotatable bonds is 4. The third-order valence-corrected chi connectivity index (χ3v) is 4.07. The van der Waals surface area contributed by atoms with E-state index in [2.05, 4.69) is 27.2 Å². The molecule has 0 radical (unpaired) electrons. The zero-order chi connectivity index (χ0) is 12.3. The van der Waals surface area contributed by atoms with E-state index < -0.39 is 10.0 Å². The van der Waals surface area contributed by atoms with Crippen molar-refractivity contribution in [2.24, 2.45) is 0 Å². The molecule has 1 aliphatic carbocycles. The number of hydrogen-bond donors (Lipinski definition) is 2. The Labute approximate surface area is 101 Å². The van der Waals surface area contributed by atoms with Gasteiger partial charge >= 0.3 is 0 Å². The number of nitrogens with zero attached hydrogens (tertiary/aromatic N) is 1. The molecule has 0 atom stereocenters. The molecule has 17 heavy (non-hydrogen) atoms. The van der Waals surface area contributed by atoms with Gasteiger partial charge in [-0.3, -0.25) is 0 Å². The molecule has 0 saturated heterocycles. The summed E-state index contributed by atoms with van der Waals surface area (Å²) in [4.78, 5) is 4.27. The van der Waals surface area contributed by atoms with E-state index in [1.165, 1.54) is 13.2 Å². The average Bonchev–Trinajstić information content (AvgIpc) is 2.83. The van der Waals surface area contributed by atoms with Crippen LogP contribution in [0.15, 0.2) is 35.4 Å². The summed E-state index contributed by atoms with van der Waals surface area (Å²) in [6.45, 7) is 0. The van der Waals surface area contributed by atoms with E-state index >= 15 is 0 Å². The fraction of sp³-hybridized carbons (Fsp3) is 0.364. The van der Waals surface area contributed by atoms with Crippen molar-refractivity contribution < 1.29 is 8.42 Å². The predicted octanol–water partition coefficient (Wildman–Crippen LogP) is 1.12. The molecular formula is C11H15N3O2S. The van der Waals surface area contributed by atoms with Crippen molar-refractivity contribution in [1.29, 1.82) is 0 Å². The number of sulfonamides is 1. The van der Waals surface area contributed by atoms with E-state index in [0.29, 0.717) is 11.9 Å². The van der Waals surface area contributed by atoms with Gasteiger partial charge < -0.3 is 5.32 Å². The molecule has 0 amide bonds. The van der Waals surface area contributed by atoms with Crippen molar-refractivity contribution >= 4 is 15.8 Å². The molecule has 1 aromatic heterocycles. The lowest BCUT2D eigenvalue weighted by molar-refractivity contribution is 0.588. The SMILES string of the molecule is CNS(=O)(=O)c1ccc(NC2CC=CC2)nc1. The van der Waals surface area contributed by atoms with Crippen LogP contribution in [0.25, 0.3) is 0 Å². The number of hydrogen-bond acceptors (Lipinski definition) is 4. The van der Waals surface area contributed by atoms with Gasteiger partial charge in [-0.25, -0.2) is 18.1 Å². The monoisotopic (exact) mass is 253 g/mol. The van der Waals surface area contributed by atoms with Crippen LogP contribution in [-0.4, -0.2) is 26.5 Å². The largest absolute Gasteiger partial charge is 0.367 e. The first-order valence-corrected chi connectivity index (χ1v) is 6.91. The number of nitrogens with one attached hydrogen (secondary N) is 2. The molecule has 1 heterocycles. The minimum absolute atomic E-state index is 0.176. The first kappa shape index (κ1) is 12.1. The Morgan fingerprint density at radius 3 is 2.53 bits per heavy atom. The second-order valence-corrected chi connectivity index (χ2v) is 5.76. The van der Waals surface area contributed by atoms with Gasteiger partial charge in [0.15, 0.2) is 0 Å². The van der Waals surface area contributed by atoms with Crippen molar-refractivity contribution in [1.82, 2.24) is 9.71 Å². The highest BCUT2D eigenvalue weighted by molar-refractivity contribution is 7.89.